The van der Waals surface area contributed by atoms with Crippen LogP contribution in [0.15, 0.2) is 6.20 Å². The number of hydrogen-bond acceptors (Lipinski definition) is 5. The highest BCUT2D eigenvalue weighted by Gasteiger charge is 2.20. The fourth-order valence-corrected chi connectivity index (χ4v) is 2.37. The largest absolute Gasteiger partial charge is 0.379 e. The Bertz CT molecular complexity index is 505. The number of carbonyl (C=O) groups is 1. The van der Waals surface area contributed by atoms with Crippen molar-refractivity contribution in [2.45, 2.75) is 46.1 Å². The van der Waals surface area contributed by atoms with Gasteiger partial charge in [-0.2, -0.15) is 0 Å². The minimum Gasteiger partial charge on any atom is -0.379 e. The molecule has 1 saturated heterocycles. The van der Waals surface area contributed by atoms with Crippen LogP contribution in [0.25, 0.3) is 0 Å². The summed E-state index contributed by atoms with van der Waals surface area (Å²) in [7, 11) is 0. The van der Waals surface area contributed by atoms with Crippen LogP contribution in [0.5, 0.6) is 0 Å². The zero-order chi connectivity index (χ0) is 15.5. The molecule has 1 atom stereocenters. The third kappa shape index (κ3) is 4.67. The second-order valence-electron chi connectivity index (χ2n) is 6.71. The number of nitrogens with zero attached hydrogens (tertiary/aromatic N) is 2. The molecule has 1 aliphatic heterocycles. The van der Waals surface area contributed by atoms with Gasteiger partial charge in [-0.15, -0.1) is 0 Å². The molecule has 116 valence electrons. The van der Waals surface area contributed by atoms with Crippen LogP contribution in [0.2, 0.25) is 0 Å². The van der Waals surface area contributed by atoms with Gasteiger partial charge in [0.15, 0.2) is 0 Å². The molecule has 6 nitrogen and oxygen atoms in total. The van der Waals surface area contributed by atoms with Crippen molar-refractivity contribution in [1.82, 2.24) is 9.97 Å². The van der Waals surface area contributed by atoms with Crippen LogP contribution in [0.3, 0.4) is 0 Å². The van der Waals surface area contributed by atoms with Crippen molar-refractivity contribution in [1.29, 1.82) is 0 Å². The Balaban J connectivity index is 2.19. The maximum atomic E-state index is 11.5. The first-order valence-corrected chi connectivity index (χ1v) is 7.35. The first-order valence-electron chi connectivity index (χ1n) is 7.35. The Morgan fingerprint density at radius 2 is 2.29 bits per heavy atom. The Hall–Kier alpha value is -1.69. The summed E-state index contributed by atoms with van der Waals surface area (Å²) < 4.78 is 5.43. The molecule has 0 bridgehead atoms. The Labute approximate surface area is 125 Å². The van der Waals surface area contributed by atoms with Crippen molar-refractivity contribution in [2.75, 3.05) is 18.5 Å². The SMILES string of the molecule is CC(C)(C)Cc1nc(N[C@@H]2CCCOC2)ncc1C(N)=O. The molecule has 0 saturated carbocycles. The van der Waals surface area contributed by atoms with Crippen molar-refractivity contribution in [3.8, 4) is 0 Å². The summed E-state index contributed by atoms with van der Waals surface area (Å²) in [4.78, 5) is 20.2. The summed E-state index contributed by atoms with van der Waals surface area (Å²) in [6.45, 7) is 7.77. The van der Waals surface area contributed by atoms with Gasteiger partial charge in [0.05, 0.1) is 23.9 Å². The van der Waals surface area contributed by atoms with E-state index in [9.17, 15) is 4.79 Å². The normalized spacial score (nSPS) is 19.3. The van der Waals surface area contributed by atoms with Crippen LogP contribution in [-0.2, 0) is 11.2 Å². The fraction of sp³-hybridized carbons (Fsp3) is 0.667. The first kappa shape index (κ1) is 15.7. The molecule has 21 heavy (non-hydrogen) atoms. The quantitative estimate of drug-likeness (QED) is 0.882. The van der Waals surface area contributed by atoms with E-state index in [4.69, 9.17) is 10.5 Å². The van der Waals surface area contributed by atoms with Gasteiger partial charge < -0.3 is 15.8 Å². The number of anilines is 1. The highest BCUT2D eigenvalue weighted by Crippen LogP contribution is 2.22. The van der Waals surface area contributed by atoms with E-state index in [0.29, 0.717) is 30.2 Å². The van der Waals surface area contributed by atoms with Gasteiger partial charge in [0, 0.05) is 12.8 Å². The molecule has 2 heterocycles. The number of hydrogen-bond donors (Lipinski definition) is 2. The summed E-state index contributed by atoms with van der Waals surface area (Å²) in [5, 5.41) is 3.27. The predicted molar refractivity (Wildman–Crippen MR) is 81.2 cm³/mol. The lowest BCUT2D eigenvalue weighted by atomic mass is 9.89. The molecule has 0 aromatic carbocycles. The molecular formula is C15H24N4O2. The van der Waals surface area contributed by atoms with Crippen LogP contribution in [0.1, 0.15) is 49.7 Å². The lowest BCUT2D eigenvalue weighted by Gasteiger charge is -2.24. The molecule has 1 aromatic heterocycles. The average Bonchev–Trinajstić information content (AvgIpc) is 2.37. The molecule has 1 aromatic rings. The van der Waals surface area contributed by atoms with Gasteiger partial charge >= 0.3 is 0 Å². The third-order valence-electron chi connectivity index (χ3n) is 3.32. The van der Waals surface area contributed by atoms with Crippen molar-refractivity contribution >= 4 is 11.9 Å². The Morgan fingerprint density at radius 3 is 2.86 bits per heavy atom. The van der Waals surface area contributed by atoms with Gasteiger partial charge in [0.2, 0.25) is 5.95 Å². The highest BCUT2D eigenvalue weighted by molar-refractivity contribution is 5.93. The van der Waals surface area contributed by atoms with E-state index in [2.05, 4.69) is 36.1 Å². The second-order valence-corrected chi connectivity index (χ2v) is 6.71. The first-order chi connectivity index (χ1) is 9.85. The maximum absolute atomic E-state index is 11.5. The van der Waals surface area contributed by atoms with E-state index in [1.165, 1.54) is 6.20 Å². The monoisotopic (exact) mass is 292 g/mol. The van der Waals surface area contributed by atoms with Gasteiger partial charge in [-0.25, -0.2) is 9.97 Å². The van der Waals surface area contributed by atoms with Crippen LogP contribution >= 0.6 is 0 Å². The number of primary amides is 1. The van der Waals surface area contributed by atoms with E-state index in [1.54, 1.807) is 0 Å². The molecule has 0 spiro atoms. The van der Waals surface area contributed by atoms with Crippen LogP contribution in [-0.4, -0.2) is 35.1 Å². The van der Waals surface area contributed by atoms with E-state index in [0.717, 1.165) is 19.4 Å². The van der Waals surface area contributed by atoms with Gasteiger partial charge in [-0.3, -0.25) is 4.79 Å². The summed E-state index contributed by atoms with van der Waals surface area (Å²) >= 11 is 0. The van der Waals surface area contributed by atoms with E-state index >= 15 is 0 Å². The summed E-state index contributed by atoms with van der Waals surface area (Å²) in [6.07, 6.45) is 4.26. The van der Waals surface area contributed by atoms with Crippen LogP contribution < -0.4 is 11.1 Å². The highest BCUT2D eigenvalue weighted by atomic mass is 16.5. The third-order valence-corrected chi connectivity index (χ3v) is 3.32. The zero-order valence-corrected chi connectivity index (χ0v) is 13.0. The minimum atomic E-state index is -0.484. The number of nitrogens with one attached hydrogen (secondary N) is 1. The summed E-state index contributed by atoms with van der Waals surface area (Å²) in [6, 6.07) is 0.223. The van der Waals surface area contributed by atoms with Gasteiger partial charge in [-0.1, -0.05) is 20.8 Å². The van der Waals surface area contributed by atoms with Crippen LogP contribution in [0.4, 0.5) is 5.95 Å². The summed E-state index contributed by atoms with van der Waals surface area (Å²) in [5.41, 5.74) is 6.52. The number of aromatic nitrogens is 2. The Morgan fingerprint density at radius 1 is 1.52 bits per heavy atom. The lowest BCUT2D eigenvalue weighted by Crippen LogP contribution is -2.31. The van der Waals surface area contributed by atoms with E-state index < -0.39 is 5.91 Å². The van der Waals surface area contributed by atoms with Crippen molar-refractivity contribution in [3.63, 3.8) is 0 Å². The maximum Gasteiger partial charge on any atom is 0.252 e. The molecule has 1 fully saturated rings. The topological polar surface area (TPSA) is 90.1 Å². The molecule has 0 aliphatic carbocycles. The second kappa shape index (κ2) is 6.39. The molecular weight excluding hydrogens is 268 g/mol. The van der Waals surface area contributed by atoms with Crippen molar-refractivity contribution in [3.05, 3.63) is 17.5 Å². The number of carbonyl (C=O) groups excluding carboxylic acids is 1. The number of amides is 1. The van der Waals surface area contributed by atoms with Gasteiger partial charge in [0.1, 0.15) is 0 Å². The molecule has 0 radical (unpaired) electrons. The molecule has 6 heteroatoms. The molecule has 0 unspecified atom stereocenters. The number of rotatable bonds is 4. The smallest absolute Gasteiger partial charge is 0.252 e. The molecule has 1 amide bonds. The van der Waals surface area contributed by atoms with Crippen LogP contribution in [0, 0.1) is 5.41 Å². The predicted octanol–water partition coefficient (Wildman–Crippen LogP) is 1.75. The van der Waals surface area contributed by atoms with E-state index in [-0.39, 0.29) is 11.5 Å². The van der Waals surface area contributed by atoms with Gasteiger partial charge in [-0.05, 0) is 24.7 Å². The van der Waals surface area contributed by atoms with E-state index in [1.807, 2.05) is 0 Å². The lowest BCUT2D eigenvalue weighted by molar-refractivity contribution is 0.0873. The van der Waals surface area contributed by atoms with Crippen molar-refractivity contribution in [2.24, 2.45) is 11.1 Å². The number of nitrogens with two attached hydrogens (primary N) is 1. The number of ether oxygens (including phenoxy) is 1. The molecule has 3 N–H and O–H groups in total. The van der Waals surface area contributed by atoms with Gasteiger partial charge in [0.25, 0.3) is 5.91 Å². The standard InChI is InChI=1S/C15H24N4O2/c1-15(2,3)7-12-11(13(16)20)8-17-14(19-12)18-10-5-4-6-21-9-10/h8,10H,4-7,9H2,1-3H3,(H2,16,20)(H,17,18,19)/t10-/m1/s1. The average molecular weight is 292 g/mol. The molecule has 1 aliphatic rings. The van der Waals surface area contributed by atoms with Crippen molar-refractivity contribution < 1.29 is 9.53 Å². The zero-order valence-electron chi connectivity index (χ0n) is 13.0. The minimum absolute atomic E-state index is 0.0176. The molecule has 2 rings (SSSR count). The summed E-state index contributed by atoms with van der Waals surface area (Å²) in [5.74, 6) is 0.0524. The Kier molecular flexibility index (Phi) is 4.77. The fourth-order valence-electron chi connectivity index (χ4n) is 2.37.